The van der Waals surface area contributed by atoms with Gasteiger partial charge in [-0.3, -0.25) is 0 Å². The Morgan fingerprint density at radius 1 is 0.558 bits per heavy atom. The summed E-state index contributed by atoms with van der Waals surface area (Å²) in [6.07, 6.45) is 33.2. The van der Waals surface area contributed by atoms with Gasteiger partial charge < -0.3 is 23.3 Å². The van der Waals surface area contributed by atoms with Crippen LogP contribution in [0, 0.1) is 0 Å². The number of aliphatic hydroxyl groups excluding tert-OH is 1. The molecule has 0 saturated carbocycles. The van der Waals surface area contributed by atoms with Gasteiger partial charge in [0.15, 0.2) is 0 Å². The molecule has 0 bridgehead atoms. The minimum Gasteiger partial charge on any atom is -0.395 e. The van der Waals surface area contributed by atoms with Crippen molar-refractivity contribution in [1.82, 2.24) is 4.90 Å². The van der Waals surface area contributed by atoms with Gasteiger partial charge in [-0.1, -0.05) is 95.8 Å². The van der Waals surface area contributed by atoms with Gasteiger partial charge in [0.05, 0.1) is 6.61 Å². The summed E-state index contributed by atoms with van der Waals surface area (Å²) in [5.74, 6) is 0. The molecule has 1 N–H and O–H groups in total. The van der Waals surface area contributed by atoms with Gasteiger partial charge in [0, 0.05) is 30.9 Å². The van der Waals surface area contributed by atoms with E-state index in [1.807, 2.05) is 0 Å². The van der Waals surface area contributed by atoms with Gasteiger partial charge in [0.25, 0.3) is 0 Å². The lowest BCUT2D eigenvalue weighted by Crippen LogP contribution is -2.51. The Balaban J connectivity index is 5.60. The third-order valence-electron chi connectivity index (χ3n) is 7.79. The largest absolute Gasteiger partial charge is 0.501 e. The summed E-state index contributed by atoms with van der Waals surface area (Å²) < 4.78 is 20.9. The maximum Gasteiger partial charge on any atom is 0.501 e. The SMILES string of the molecule is CCCC/C=C\CCC(C)O[Si](CCCCN(C)CCO)(OC(C)CC/C=C\CCCC)OC(C)CC/C=C\CCCC. The van der Waals surface area contributed by atoms with Gasteiger partial charge in [-0.05, 0) is 105 Å². The molecule has 0 aliphatic rings. The molecular formula is C37H73NO4Si. The number of likely N-dealkylation sites (N-methyl/N-ethyl adjacent to an activating group) is 1. The van der Waals surface area contributed by atoms with E-state index in [9.17, 15) is 5.11 Å². The van der Waals surface area contributed by atoms with Crippen LogP contribution >= 0.6 is 0 Å². The number of unbranched alkanes of at least 4 members (excludes halogenated alkanes) is 7. The molecule has 0 radical (unpaired) electrons. The maximum absolute atomic E-state index is 9.30. The number of nitrogens with zero attached hydrogens (tertiary/aromatic N) is 1. The van der Waals surface area contributed by atoms with Crippen LogP contribution in [-0.2, 0) is 13.3 Å². The Bertz CT molecular complexity index is 609. The second-order valence-corrected chi connectivity index (χ2v) is 15.1. The molecule has 0 aliphatic carbocycles. The van der Waals surface area contributed by atoms with Gasteiger partial charge in [-0.2, -0.15) is 0 Å². The van der Waals surface area contributed by atoms with Gasteiger partial charge in [0.2, 0.25) is 0 Å². The molecule has 0 spiro atoms. The first kappa shape index (κ1) is 42.2. The van der Waals surface area contributed by atoms with Gasteiger partial charge in [-0.15, -0.1) is 0 Å². The lowest BCUT2D eigenvalue weighted by molar-refractivity contribution is -0.0134. The van der Waals surface area contributed by atoms with E-state index >= 15 is 0 Å². The average molecular weight is 624 g/mol. The average Bonchev–Trinajstić information content (AvgIpc) is 2.97. The highest BCUT2D eigenvalue weighted by molar-refractivity contribution is 6.60. The summed E-state index contributed by atoms with van der Waals surface area (Å²) in [5, 5.41) is 9.30. The van der Waals surface area contributed by atoms with Crippen molar-refractivity contribution in [3.05, 3.63) is 36.5 Å². The Morgan fingerprint density at radius 3 is 1.28 bits per heavy atom. The monoisotopic (exact) mass is 624 g/mol. The first-order valence-electron chi connectivity index (χ1n) is 18.1. The first-order valence-corrected chi connectivity index (χ1v) is 20.0. The highest BCUT2D eigenvalue weighted by atomic mass is 28.4. The van der Waals surface area contributed by atoms with Crippen molar-refractivity contribution in [3.63, 3.8) is 0 Å². The summed E-state index contributed by atoms with van der Waals surface area (Å²) in [6.45, 7) is 15.2. The number of allylic oxidation sites excluding steroid dienone is 6. The number of rotatable bonds is 31. The Hall–Kier alpha value is -0.763. The van der Waals surface area contributed by atoms with Crippen molar-refractivity contribution in [2.24, 2.45) is 0 Å². The summed E-state index contributed by atoms with van der Waals surface area (Å²) in [7, 11) is -0.883. The molecule has 0 aromatic rings. The van der Waals surface area contributed by atoms with Crippen LogP contribution in [-0.4, -0.2) is 63.9 Å². The highest BCUT2D eigenvalue weighted by Crippen LogP contribution is 2.28. The molecule has 3 unspecified atom stereocenters. The number of aliphatic hydroxyl groups is 1. The lowest BCUT2D eigenvalue weighted by Gasteiger charge is -2.37. The van der Waals surface area contributed by atoms with Crippen LogP contribution in [0.25, 0.3) is 0 Å². The smallest absolute Gasteiger partial charge is 0.395 e. The highest BCUT2D eigenvalue weighted by Gasteiger charge is 2.45. The summed E-state index contributed by atoms with van der Waals surface area (Å²) in [6, 6.07) is 0.837. The zero-order valence-electron chi connectivity index (χ0n) is 29.7. The second-order valence-electron chi connectivity index (χ2n) is 12.5. The van der Waals surface area contributed by atoms with Crippen LogP contribution in [0.15, 0.2) is 36.5 Å². The minimum atomic E-state index is -2.96. The molecule has 3 atom stereocenters. The quantitative estimate of drug-likeness (QED) is 0.0473. The fourth-order valence-corrected chi connectivity index (χ4v) is 8.42. The zero-order chi connectivity index (χ0) is 32.0. The molecule has 0 aromatic heterocycles. The van der Waals surface area contributed by atoms with Crippen LogP contribution in [0.3, 0.4) is 0 Å². The fraction of sp³-hybridized carbons (Fsp3) is 0.838. The molecule has 0 rings (SSSR count). The summed E-state index contributed by atoms with van der Waals surface area (Å²) in [4.78, 5) is 2.19. The van der Waals surface area contributed by atoms with Crippen molar-refractivity contribution < 1.29 is 18.4 Å². The summed E-state index contributed by atoms with van der Waals surface area (Å²) >= 11 is 0. The zero-order valence-corrected chi connectivity index (χ0v) is 30.7. The predicted molar refractivity (Wildman–Crippen MR) is 190 cm³/mol. The number of hydrogen-bond acceptors (Lipinski definition) is 5. The molecule has 0 heterocycles. The van der Waals surface area contributed by atoms with Gasteiger partial charge >= 0.3 is 8.80 Å². The Labute approximate surface area is 269 Å². The molecule has 0 amide bonds. The van der Waals surface area contributed by atoms with Crippen LogP contribution in [0.1, 0.15) is 151 Å². The molecule has 5 nitrogen and oxygen atoms in total. The van der Waals surface area contributed by atoms with Crippen molar-refractivity contribution in [1.29, 1.82) is 0 Å². The molecule has 0 aromatic carbocycles. The molecular weight excluding hydrogens is 550 g/mol. The van der Waals surface area contributed by atoms with E-state index in [-0.39, 0.29) is 24.9 Å². The third kappa shape index (κ3) is 26.2. The Kier molecular flexibility index (Phi) is 29.4. The predicted octanol–water partition coefficient (Wildman–Crippen LogP) is 10.4. The van der Waals surface area contributed by atoms with Crippen molar-refractivity contribution in [3.8, 4) is 0 Å². The Morgan fingerprint density at radius 2 is 0.930 bits per heavy atom. The normalized spacial score (nSPS) is 16.1. The first-order chi connectivity index (χ1) is 20.8. The van der Waals surface area contributed by atoms with Crippen molar-refractivity contribution in [2.45, 2.75) is 175 Å². The topological polar surface area (TPSA) is 51.2 Å². The molecule has 6 heteroatoms. The number of hydrogen-bond donors (Lipinski definition) is 1. The molecule has 43 heavy (non-hydrogen) atoms. The van der Waals surface area contributed by atoms with Gasteiger partial charge in [-0.25, -0.2) is 0 Å². The molecule has 0 fully saturated rings. The van der Waals surface area contributed by atoms with E-state index in [4.69, 9.17) is 13.3 Å². The third-order valence-corrected chi connectivity index (χ3v) is 11.0. The van der Waals surface area contributed by atoms with Crippen LogP contribution in [0.2, 0.25) is 6.04 Å². The van der Waals surface area contributed by atoms with E-state index in [2.05, 4.69) is 89.9 Å². The van der Waals surface area contributed by atoms with Crippen molar-refractivity contribution in [2.75, 3.05) is 26.7 Å². The molecule has 254 valence electrons. The van der Waals surface area contributed by atoms with E-state index in [0.29, 0.717) is 6.54 Å². The maximum atomic E-state index is 9.30. The summed E-state index contributed by atoms with van der Waals surface area (Å²) in [5.41, 5.74) is 0. The lowest BCUT2D eigenvalue weighted by atomic mass is 10.2. The van der Waals surface area contributed by atoms with Crippen LogP contribution in [0.4, 0.5) is 0 Å². The van der Waals surface area contributed by atoms with E-state index in [0.717, 1.165) is 83.2 Å². The minimum absolute atomic E-state index is 0.0850. The second kappa shape index (κ2) is 29.9. The molecule has 0 aliphatic heterocycles. The van der Waals surface area contributed by atoms with E-state index < -0.39 is 8.80 Å². The van der Waals surface area contributed by atoms with Crippen LogP contribution < -0.4 is 0 Å². The van der Waals surface area contributed by atoms with E-state index in [1.54, 1.807) is 0 Å². The van der Waals surface area contributed by atoms with Gasteiger partial charge in [0.1, 0.15) is 0 Å². The van der Waals surface area contributed by atoms with Crippen LogP contribution in [0.5, 0.6) is 0 Å². The fourth-order valence-electron chi connectivity index (χ4n) is 5.03. The van der Waals surface area contributed by atoms with E-state index in [1.165, 1.54) is 38.5 Å². The van der Waals surface area contributed by atoms with Crippen molar-refractivity contribution >= 4 is 8.80 Å². The standard InChI is InChI=1S/C37H73NO4Si/c1-8-11-14-17-20-23-28-35(4)40-43(34-27-26-31-38(7)32-33-39,41-36(5)29-24-21-18-15-12-9-2)42-37(6)30-25-22-19-16-13-10-3/h17-22,35-37,39H,8-16,23-34H2,1-7H3/b20-17-,21-18-,22-19-. The molecule has 0 saturated heterocycles.